The third-order valence-corrected chi connectivity index (χ3v) is 15.7. The van der Waals surface area contributed by atoms with E-state index >= 15 is 0 Å². The lowest BCUT2D eigenvalue weighted by atomic mass is 9.77. The molecular formula is C60H124NO2+. The van der Waals surface area contributed by atoms with Gasteiger partial charge in [0, 0.05) is 19.3 Å². The summed E-state index contributed by atoms with van der Waals surface area (Å²) in [5.41, 5.74) is 0.195. The Morgan fingerprint density at radius 2 is 0.397 bits per heavy atom. The smallest absolute Gasteiger partial charge is 0.103 e. The van der Waals surface area contributed by atoms with E-state index in [9.17, 15) is 10.2 Å². The maximum Gasteiger partial charge on any atom is 0.103 e. The molecule has 380 valence electrons. The van der Waals surface area contributed by atoms with Crippen LogP contribution in [0.4, 0.5) is 0 Å². The number of quaternary nitrogens is 1. The highest BCUT2D eigenvalue weighted by molar-refractivity contribution is 4.84. The molecule has 0 fully saturated rings. The average Bonchev–Trinajstić information content (AvgIpc) is 3.29. The second kappa shape index (κ2) is 51.3. The van der Waals surface area contributed by atoms with Gasteiger partial charge in [-0.2, -0.15) is 0 Å². The van der Waals surface area contributed by atoms with Crippen LogP contribution in [0.25, 0.3) is 0 Å². The maximum absolute atomic E-state index is 10.9. The Hall–Kier alpha value is -0.120. The number of nitrogens with zero attached hydrogens (tertiary/aromatic N) is 1. The van der Waals surface area contributed by atoms with Crippen LogP contribution < -0.4 is 0 Å². The summed E-state index contributed by atoms with van der Waals surface area (Å²) < 4.78 is 0.991. The van der Waals surface area contributed by atoms with Gasteiger partial charge in [0.1, 0.15) is 13.1 Å². The van der Waals surface area contributed by atoms with Gasteiger partial charge >= 0.3 is 0 Å². The Morgan fingerprint density at radius 1 is 0.222 bits per heavy atom. The molecule has 0 heterocycles. The number of hydrogen-bond acceptors (Lipinski definition) is 2. The van der Waals surface area contributed by atoms with E-state index in [1.54, 1.807) is 0 Å². The van der Waals surface area contributed by atoms with Gasteiger partial charge in [0.15, 0.2) is 0 Å². The fraction of sp³-hybridized carbons (Fsp3) is 1.00. The number of rotatable bonds is 56. The van der Waals surface area contributed by atoms with Gasteiger partial charge in [0.2, 0.25) is 0 Å². The summed E-state index contributed by atoms with van der Waals surface area (Å²) >= 11 is 0. The van der Waals surface area contributed by atoms with Gasteiger partial charge in [-0.3, -0.25) is 0 Å². The lowest BCUT2D eigenvalue weighted by Gasteiger charge is -2.54. The number of unbranched alkanes of at least 4 members (excludes halogenated alkanes) is 43. The van der Waals surface area contributed by atoms with Crippen LogP contribution in [0.1, 0.15) is 349 Å². The molecule has 0 aromatic rings. The quantitative estimate of drug-likeness (QED) is 0.0472. The molecule has 0 aromatic carbocycles. The van der Waals surface area contributed by atoms with E-state index in [2.05, 4.69) is 27.7 Å². The molecule has 0 radical (unpaired) electrons. The van der Waals surface area contributed by atoms with Crippen molar-refractivity contribution in [1.29, 1.82) is 0 Å². The molecule has 3 nitrogen and oxygen atoms in total. The van der Waals surface area contributed by atoms with Crippen molar-refractivity contribution in [2.45, 2.75) is 354 Å². The predicted octanol–water partition coefficient (Wildman–Crippen LogP) is 20.1. The van der Waals surface area contributed by atoms with Crippen molar-refractivity contribution in [2.24, 2.45) is 0 Å². The van der Waals surface area contributed by atoms with E-state index in [0.29, 0.717) is 0 Å². The lowest BCUT2D eigenvalue weighted by molar-refractivity contribution is -0.978. The van der Waals surface area contributed by atoms with E-state index in [1.807, 2.05) is 0 Å². The molecule has 0 unspecified atom stereocenters. The highest BCUT2D eigenvalue weighted by Gasteiger charge is 2.48. The Morgan fingerprint density at radius 3 is 0.587 bits per heavy atom. The lowest BCUT2D eigenvalue weighted by Crippen LogP contribution is -2.67. The summed E-state index contributed by atoms with van der Waals surface area (Å²) in [5.74, 6) is 0. The van der Waals surface area contributed by atoms with Crippen molar-refractivity contribution < 1.29 is 14.7 Å². The average molecular weight is 892 g/mol. The molecule has 0 aliphatic heterocycles. The minimum atomic E-state index is 0.195. The Balaban J connectivity index is 5.66. The first-order valence-electron chi connectivity index (χ1n) is 30.2. The van der Waals surface area contributed by atoms with Gasteiger partial charge in [-0.25, -0.2) is 0 Å². The topological polar surface area (TPSA) is 40.5 Å². The van der Waals surface area contributed by atoms with Gasteiger partial charge in [-0.1, -0.05) is 297 Å². The zero-order valence-electron chi connectivity index (χ0n) is 44.7. The highest BCUT2D eigenvalue weighted by Crippen LogP contribution is 2.41. The molecule has 0 aliphatic rings. The molecule has 0 rings (SSSR count). The summed E-state index contributed by atoms with van der Waals surface area (Å²) in [5, 5.41) is 21.8. The number of hydrogen-bond donors (Lipinski definition) is 2. The molecule has 0 spiro atoms. The molecule has 0 saturated heterocycles. The van der Waals surface area contributed by atoms with Crippen LogP contribution in [0.2, 0.25) is 0 Å². The Bertz CT molecular complexity index is 791. The van der Waals surface area contributed by atoms with Crippen LogP contribution >= 0.6 is 0 Å². The number of aliphatic hydroxyl groups is 2. The third kappa shape index (κ3) is 38.5. The molecule has 0 amide bonds. The summed E-state index contributed by atoms with van der Waals surface area (Å²) in [6.07, 6.45) is 69.7. The fourth-order valence-electron chi connectivity index (χ4n) is 11.5. The third-order valence-electron chi connectivity index (χ3n) is 15.7. The fourth-order valence-corrected chi connectivity index (χ4v) is 11.5. The van der Waals surface area contributed by atoms with Crippen molar-refractivity contribution in [3.05, 3.63) is 0 Å². The molecule has 63 heavy (non-hydrogen) atoms. The van der Waals surface area contributed by atoms with E-state index < -0.39 is 0 Å². The summed E-state index contributed by atoms with van der Waals surface area (Å²) in [7, 11) is 0. The van der Waals surface area contributed by atoms with E-state index in [4.69, 9.17) is 0 Å². The molecule has 0 bridgehead atoms. The van der Waals surface area contributed by atoms with E-state index in [-0.39, 0.29) is 18.8 Å². The van der Waals surface area contributed by atoms with Crippen molar-refractivity contribution >= 4 is 0 Å². The van der Waals surface area contributed by atoms with Crippen LogP contribution in [0.15, 0.2) is 0 Å². The molecule has 2 N–H and O–H groups in total. The maximum atomic E-state index is 10.9. The molecule has 0 atom stereocenters. The number of aliphatic hydroxyl groups excluding tert-OH is 2. The van der Waals surface area contributed by atoms with Crippen LogP contribution in [-0.2, 0) is 0 Å². The van der Waals surface area contributed by atoms with Gasteiger partial charge in [-0.05, 0) is 32.1 Å². The minimum Gasteiger partial charge on any atom is -0.391 e. The van der Waals surface area contributed by atoms with Gasteiger partial charge in [0.05, 0.1) is 25.3 Å². The van der Waals surface area contributed by atoms with Crippen LogP contribution in [-0.4, -0.2) is 53.1 Å². The van der Waals surface area contributed by atoms with Crippen LogP contribution in [0.5, 0.6) is 0 Å². The Kier molecular flexibility index (Phi) is 51.2. The zero-order valence-corrected chi connectivity index (χ0v) is 44.7. The first kappa shape index (κ1) is 62.9. The summed E-state index contributed by atoms with van der Waals surface area (Å²) in [6.45, 7) is 12.6. The van der Waals surface area contributed by atoms with E-state index in [1.165, 1.54) is 321 Å². The Labute approximate surface area is 400 Å². The highest BCUT2D eigenvalue weighted by atomic mass is 16.3. The van der Waals surface area contributed by atoms with Gasteiger partial charge < -0.3 is 14.7 Å². The first-order valence-corrected chi connectivity index (χ1v) is 30.2. The summed E-state index contributed by atoms with van der Waals surface area (Å²) in [6, 6.07) is 0. The first-order chi connectivity index (χ1) is 31.1. The molecular weight excluding hydrogens is 767 g/mol. The van der Waals surface area contributed by atoms with Crippen LogP contribution in [0.3, 0.4) is 0 Å². The van der Waals surface area contributed by atoms with E-state index in [0.717, 1.165) is 24.1 Å². The predicted molar refractivity (Wildman–Crippen MR) is 285 cm³/mol. The summed E-state index contributed by atoms with van der Waals surface area (Å²) in [4.78, 5) is 0. The monoisotopic (exact) mass is 891 g/mol. The second-order valence-electron chi connectivity index (χ2n) is 21.4. The normalized spacial score (nSPS) is 12.3. The zero-order chi connectivity index (χ0) is 45.9. The standard InChI is InChI=1S/C60H124NO2/c1-5-9-13-17-21-25-28-30-32-34-37-41-45-49-53-60(52-48-44-40-36-24-20-16-12-8-4,54-50-46-42-38-35-33-31-29-26-22-18-14-10-6-2)61(56-58-62,57-59-63)55-51-47-43-39-27-23-19-15-11-7-3/h62-63H,5-59H2,1-4H3/q+1. The van der Waals surface area contributed by atoms with Gasteiger partial charge in [0.25, 0.3) is 0 Å². The van der Waals surface area contributed by atoms with Crippen molar-refractivity contribution in [2.75, 3.05) is 32.8 Å². The minimum absolute atomic E-state index is 0.195. The second-order valence-corrected chi connectivity index (χ2v) is 21.4. The van der Waals surface area contributed by atoms with Crippen molar-refractivity contribution in [3.63, 3.8) is 0 Å². The van der Waals surface area contributed by atoms with Crippen molar-refractivity contribution in [1.82, 2.24) is 0 Å². The largest absolute Gasteiger partial charge is 0.391 e. The molecule has 0 aliphatic carbocycles. The molecule has 3 heteroatoms. The SMILES string of the molecule is CCCCCCCCCCCCCCCCC(CCCCCCCCCCC)(CCCCCCCCCCCCCCCC)[N+](CCO)(CCO)CCCCCCCCCCCC. The van der Waals surface area contributed by atoms with Crippen LogP contribution in [0, 0.1) is 0 Å². The van der Waals surface area contributed by atoms with Gasteiger partial charge in [-0.15, -0.1) is 0 Å². The molecule has 0 saturated carbocycles. The van der Waals surface area contributed by atoms with Crippen molar-refractivity contribution in [3.8, 4) is 0 Å². The molecule has 0 aromatic heterocycles.